The zero-order chi connectivity index (χ0) is 29.2. The van der Waals surface area contributed by atoms with Crippen LogP contribution in [0.1, 0.15) is 81.3 Å². The van der Waals surface area contributed by atoms with E-state index < -0.39 is 12.5 Å². The number of nitrogens with zero attached hydrogens (tertiary/aromatic N) is 3. The van der Waals surface area contributed by atoms with E-state index in [-0.39, 0.29) is 11.6 Å². The number of hydrogen-bond acceptors (Lipinski definition) is 7. The molecule has 1 aliphatic heterocycles. The van der Waals surface area contributed by atoms with Crippen LogP contribution in [-0.2, 0) is 5.92 Å². The van der Waals surface area contributed by atoms with E-state index in [4.69, 9.17) is 14.6 Å². The number of aryl methyl sites for hydroxylation is 1. The maximum atomic E-state index is 14.1. The number of unbranched alkanes of at least 4 members (excludes halogenated alkanes) is 4. The molecule has 2 N–H and O–H groups in total. The number of hydrogen-bond donors (Lipinski definition) is 2. The summed E-state index contributed by atoms with van der Waals surface area (Å²) >= 11 is 0. The number of alkyl halides is 2. The summed E-state index contributed by atoms with van der Waals surface area (Å²) in [4.78, 5) is 11.8. The molecule has 224 valence electrons. The third-order valence-electron chi connectivity index (χ3n) is 7.78. The Morgan fingerprint density at radius 3 is 2.51 bits per heavy atom. The van der Waals surface area contributed by atoms with Crippen molar-refractivity contribution in [3.05, 3.63) is 53.3 Å². The van der Waals surface area contributed by atoms with Crippen LogP contribution >= 0.6 is 0 Å². The summed E-state index contributed by atoms with van der Waals surface area (Å²) in [5.41, 5.74) is 1.13. The van der Waals surface area contributed by atoms with Crippen LogP contribution in [0, 0.1) is 6.92 Å². The number of aliphatic hydroxyl groups is 1. The molecule has 0 radical (unpaired) electrons. The Bertz CT molecular complexity index is 1270. The fraction of sp³-hybridized carbons (Fsp3) is 0.562. The topological polar surface area (TPSA) is 79.7 Å². The predicted molar refractivity (Wildman–Crippen MR) is 159 cm³/mol. The number of fused-ring (bicyclic) bond motifs is 1. The van der Waals surface area contributed by atoms with E-state index in [2.05, 4.69) is 20.2 Å². The van der Waals surface area contributed by atoms with Crippen molar-refractivity contribution in [1.29, 1.82) is 0 Å². The van der Waals surface area contributed by atoms with Gasteiger partial charge in [0.15, 0.2) is 11.5 Å². The number of nitrogens with one attached hydrogen (secondary N) is 1. The Labute approximate surface area is 242 Å². The highest BCUT2D eigenvalue weighted by atomic mass is 19.3. The van der Waals surface area contributed by atoms with Crippen molar-refractivity contribution in [3.63, 3.8) is 0 Å². The lowest BCUT2D eigenvalue weighted by atomic mass is 10.0. The molecule has 1 aliphatic rings. The number of benzene rings is 2. The summed E-state index contributed by atoms with van der Waals surface area (Å²) in [6.45, 7) is 6.79. The van der Waals surface area contributed by atoms with Gasteiger partial charge in [-0.2, -0.15) is 8.78 Å². The number of methoxy groups -OCH3 is 1. The minimum atomic E-state index is -3.30. The van der Waals surface area contributed by atoms with Gasteiger partial charge in [0, 0.05) is 23.1 Å². The largest absolute Gasteiger partial charge is 0.493 e. The second-order valence-electron chi connectivity index (χ2n) is 11.0. The number of aliphatic hydroxyl groups excluding tert-OH is 1. The molecule has 0 amide bonds. The molecule has 2 heterocycles. The first kappa shape index (κ1) is 30.9. The van der Waals surface area contributed by atoms with Crippen LogP contribution in [0.15, 0.2) is 36.4 Å². The fourth-order valence-electron chi connectivity index (χ4n) is 5.38. The van der Waals surface area contributed by atoms with Crippen LogP contribution in [0.3, 0.4) is 0 Å². The summed E-state index contributed by atoms with van der Waals surface area (Å²) in [6.07, 6.45) is 9.88. The molecule has 0 saturated carbocycles. The van der Waals surface area contributed by atoms with Gasteiger partial charge in [-0.1, -0.05) is 43.9 Å². The third kappa shape index (κ3) is 8.49. The summed E-state index contributed by atoms with van der Waals surface area (Å²) < 4.78 is 39.9. The molecule has 0 spiro atoms. The standard InChI is InChI=1S/C32H44F2N4O3/c1-23(25-13-12-14-26(19-25)32(33,34)22-39)35-31-27-20-30(29(40-3)21-28(27)36-24(2)37-31)41-18-11-6-4-5-8-15-38-16-9-7-10-17-38/h12-14,19-21,23,39H,4-11,15-18,22H2,1-3H3,(H,35,36,37)/t23-/m1/s1. The normalized spacial score (nSPS) is 15.2. The average molecular weight is 571 g/mol. The molecule has 1 saturated heterocycles. The summed E-state index contributed by atoms with van der Waals surface area (Å²) in [6, 6.07) is 9.48. The van der Waals surface area contributed by atoms with Gasteiger partial charge in [0.05, 0.1) is 19.2 Å². The molecule has 0 unspecified atom stereocenters. The maximum Gasteiger partial charge on any atom is 0.295 e. The number of rotatable bonds is 15. The van der Waals surface area contributed by atoms with Gasteiger partial charge >= 0.3 is 0 Å². The van der Waals surface area contributed by atoms with Gasteiger partial charge < -0.3 is 24.8 Å². The lowest BCUT2D eigenvalue weighted by molar-refractivity contribution is -0.0556. The maximum absolute atomic E-state index is 14.1. The van der Waals surface area contributed by atoms with Crippen LogP contribution in [0.2, 0.25) is 0 Å². The molecule has 0 aliphatic carbocycles. The lowest BCUT2D eigenvalue weighted by Crippen LogP contribution is -2.30. The Kier molecular flexibility index (Phi) is 11.1. The first-order valence-corrected chi connectivity index (χ1v) is 14.9. The molecule has 3 aromatic rings. The van der Waals surface area contributed by atoms with Gasteiger partial charge in [0.2, 0.25) is 0 Å². The van der Waals surface area contributed by atoms with E-state index in [1.54, 1.807) is 26.2 Å². The molecule has 1 aromatic heterocycles. The summed E-state index contributed by atoms with van der Waals surface area (Å²) in [5, 5.41) is 13.2. The van der Waals surface area contributed by atoms with Gasteiger partial charge in [-0.25, -0.2) is 9.97 Å². The van der Waals surface area contributed by atoms with Gasteiger partial charge in [-0.3, -0.25) is 0 Å². The van der Waals surface area contributed by atoms with Gasteiger partial charge in [-0.05, 0) is 76.9 Å². The number of likely N-dealkylation sites (tertiary alicyclic amines) is 1. The van der Waals surface area contributed by atoms with Crippen molar-refractivity contribution < 1.29 is 23.4 Å². The van der Waals surface area contributed by atoms with Gasteiger partial charge in [0.1, 0.15) is 18.2 Å². The van der Waals surface area contributed by atoms with E-state index in [1.807, 2.05) is 19.1 Å². The molecule has 7 nitrogen and oxygen atoms in total. The number of aromatic nitrogens is 2. The summed E-state index contributed by atoms with van der Waals surface area (Å²) in [5.74, 6) is -0.915. The Balaban J connectivity index is 1.38. The van der Waals surface area contributed by atoms with Crippen LogP contribution in [0.25, 0.3) is 10.9 Å². The Hall–Kier alpha value is -3.04. The van der Waals surface area contributed by atoms with Crippen LogP contribution in [0.5, 0.6) is 11.5 Å². The van der Waals surface area contributed by atoms with Gasteiger partial charge in [-0.15, -0.1) is 0 Å². The van der Waals surface area contributed by atoms with E-state index >= 15 is 0 Å². The first-order valence-electron chi connectivity index (χ1n) is 14.9. The zero-order valence-corrected chi connectivity index (χ0v) is 24.6. The van der Waals surface area contributed by atoms with E-state index in [0.29, 0.717) is 40.8 Å². The van der Waals surface area contributed by atoms with E-state index in [0.717, 1.165) is 18.2 Å². The monoisotopic (exact) mass is 570 g/mol. The van der Waals surface area contributed by atoms with E-state index in [9.17, 15) is 8.78 Å². The molecule has 9 heteroatoms. The zero-order valence-electron chi connectivity index (χ0n) is 24.6. The Morgan fingerprint density at radius 1 is 1.00 bits per heavy atom. The van der Waals surface area contributed by atoms with Crippen molar-refractivity contribution in [1.82, 2.24) is 14.9 Å². The first-order chi connectivity index (χ1) is 19.8. The highest BCUT2D eigenvalue weighted by molar-refractivity contribution is 5.92. The van der Waals surface area contributed by atoms with Crippen molar-refractivity contribution in [2.45, 2.75) is 77.2 Å². The van der Waals surface area contributed by atoms with Crippen molar-refractivity contribution in [2.24, 2.45) is 0 Å². The van der Waals surface area contributed by atoms with Gasteiger partial charge in [0.25, 0.3) is 5.92 Å². The summed E-state index contributed by atoms with van der Waals surface area (Å²) in [7, 11) is 1.61. The van der Waals surface area contributed by atoms with Crippen molar-refractivity contribution in [3.8, 4) is 11.5 Å². The fourth-order valence-corrected chi connectivity index (χ4v) is 5.38. The highest BCUT2D eigenvalue weighted by Gasteiger charge is 2.30. The number of ether oxygens (including phenoxy) is 2. The van der Waals surface area contributed by atoms with Crippen molar-refractivity contribution >= 4 is 16.7 Å². The molecule has 1 atom stereocenters. The van der Waals surface area contributed by atoms with Crippen molar-refractivity contribution in [2.75, 3.05) is 45.3 Å². The van der Waals surface area contributed by atoms with E-state index in [1.165, 1.54) is 70.3 Å². The van der Waals surface area contributed by atoms with Crippen LogP contribution in [0.4, 0.5) is 14.6 Å². The SMILES string of the molecule is COc1cc2nc(C)nc(N[C@H](C)c3cccc(C(F)(F)CO)c3)c2cc1OCCCCCCCN1CCCCC1. The number of anilines is 1. The molecule has 41 heavy (non-hydrogen) atoms. The molecular formula is C32H44F2N4O3. The van der Waals surface area contributed by atoms with Crippen LogP contribution < -0.4 is 14.8 Å². The second-order valence-corrected chi connectivity index (χ2v) is 11.0. The molecule has 4 rings (SSSR count). The minimum Gasteiger partial charge on any atom is -0.493 e. The smallest absolute Gasteiger partial charge is 0.295 e. The minimum absolute atomic E-state index is 0.225. The average Bonchev–Trinajstić information content (AvgIpc) is 2.98. The third-order valence-corrected chi connectivity index (χ3v) is 7.78. The molecule has 1 fully saturated rings. The predicted octanol–water partition coefficient (Wildman–Crippen LogP) is 7.02. The quantitative estimate of drug-likeness (QED) is 0.190. The lowest BCUT2D eigenvalue weighted by Gasteiger charge is -2.26. The molecule has 2 aromatic carbocycles. The Morgan fingerprint density at radius 2 is 1.76 bits per heavy atom. The number of piperidine rings is 1. The number of halogens is 2. The second kappa shape index (κ2) is 14.7. The molecular weight excluding hydrogens is 526 g/mol. The highest BCUT2D eigenvalue weighted by Crippen LogP contribution is 2.36. The molecule has 0 bridgehead atoms. The van der Waals surface area contributed by atoms with Crippen LogP contribution in [-0.4, -0.2) is 59.9 Å².